The lowest BCUT2D eigenvalue weighted by atomic mass is 9.79. The molecule has 4 nitrogen and oxygen atoms in total. The van der Waals surface area contributed by atoms with E-state index in [0.29, 0.717) is 0 Å². The zero-order valence-electron chi connectivity index (χ0n) is 9.29. The maximum absolute atomic E-state index is 12.3. The normalized spacial score (nSPS) is 24.1. The van der Waals surface area contributed by atoms with Crippen molar-refractivity contribution in [3.05, 3.63) is 0 Å². The highest BCUT2D eigenvalue weighted by Gasteiger charge is 2.46. The van der Waals surface area contributed by atoms with Gasteiger partial charge in [0.25, 0.3) is 0 Å². The predicted molar refractivity (Wildman–Crippen MR) is 59.4 cm³/mol. The minimum absolute atomic E-state index is 0.00440. The number of rotatable bonds is 1. The van der Waals surface area contributed by atoms with E-state index in [0.717, 1.165) is 32.1 Å². The molecule has 0 aromatic heterocycles. The number of terminal acetylenes is 1. The van der Waals surface area contributed by atoms with Crippen LogP contribution in [0.1, 0.15) is 32.1 Å². The third-order valence-electron chi connectivity index (χ3n) is 3.40. The van der Waals surface area contributed by atoms with E-state index in [2.05, 4.69) is 11.2 Å². The number of piperazine rings is 1. The van der Waals surface area contributed by atoms with Crippen molar-refractivity contribution in [3.8, 4) is 12.3 Å². The second-order valence-electron chi connectivity index (χ2n) is 4.56. The summed E-state index contributed by atoms with van der Waals surface area (Å²) in [5.74, 6) is 2.35. The summed E-state index contributed by atoms with van der Waals surface area (Å²) in [6.07, 6.45) is 9.84. The number of hydrogen-bond donors (Lipinski definition) is 1. The molecule has 0 bridgehead atoms. The van der Waals surface area contributed by atoms with Crippen LogP contribution in [0, 0.1) is 12.3 Å². The lowest BCUT2D eigenvalue weighted by Gasteiger charge is -2.43. The minimum atomic E-state index is -0.648. The molecule has 0 aromatic rings. The second-order valence-corrected chi connectivity index (χ2v) is 4.56. The number of carbonyl (C=O) groups excluding carboxylic acids is 2. The Balaban J connectivity index is 2.20. The van der Waals surface area contributed by atoms with Gasteiger partial charge < -0.3 is 10.2 Å². The van der Waals surface area contributed by atoms with Gasteiger partial charge in [-0.05, 0) is 12.8 Å². The molecule has 0 aromatic carbocycles. The van der Waals surface area contributed by atoms with Gasteiger partial charge in [0, 0.05) is 0 Å². The van der Waals surface area contributed by atoms with Gasteiger partial charge in [0.1, 0.15) is 12.1 Å². The van der Waals surface area contributed by atoms with Crippen molar-refractivity contribution in [2.75, 3.05) is 13.1 Å². The molecule has 0 radical (unpaired) electrons. The third kappa shape index (κ3) is 1.78. The summed E-state index contributed by atoms with van der Waals surface area (Å²) >= 11 is 0. The molecular formula is C12H16N2O2. The van der Waals surface area contributed by atoms with E-state index in [-0.39, 0.29) is 24.9 Å². The Morgan fingerprint density at radius 2 is 2.00 bits per heavy atom. The van der Waals surface area contributed by atoms with Crippen LogP contribution < -0.4 is 5.32 Å². The molecule has 2 rings (SSSR count). The number of amides is 2. The topological polar surface area (TPSA) is 49.4 Å². The van der Waals surface area contributed by atoms with Gasteiger partial charge in [-0.25, -0.2) is 0 Å². The SMILES string of the molecule is C#CCN1CC(=O)NC2(CCCCC2)C1=O. The van der Waals surface area contributed by atoms with Crippen LogP contribution in [-0.2, 0) is 9.59 Å². The lowest BCUT2D eigenvalue weighted by Crippen LogP contribution is -2.67. The average molecular weight is 220 g/mol. The highest BCUT2D eigenvalue weighted by atomic mass is 16.2. The van der Waals surface area contributed by atoms with Crippen LogP contribution >= 0.6 is 0 Å². The van der Waals surface area contributed by atoms with Gasteiger partial charge in [0.15, 0.2) is 0 Å². The molecule has 2 amide bonds. The van der Waals surface area contributed by atoms with Gasteiger partial charge in [-0.1, -0.05) is 25.2 Å². The summed E-state index contributed by atoms with van der Waals surface area (Å²) in [4.78, 5) is 25.3. The molecule has 2 fully saturated rings. The van der Waals surface area contributed by atoms with Gasteiger partial charge in [0.05, 0.1) is 6.54 Å². The fraction of sp³-hybridized carbons (Fsp3) is 0.667. The van der Waals surface area contributed by atoms with Crippen LogP contribution in [-0.4, -0.2) is 35.3 Å². The fourth-order valence-corrected chi connectivity index (χ4v) is 2.64. The van der Waals surface area contributed by atoms with Crippen molar-refractivity contribution in [1.29, 1.82) is 0 Å². The molecule has 1 aliphatic heterocycles. The first-order valence-corrected chi connectivity index (χ1v) is 5.72. The highest BCUT2D eigenvalue weighted by molar-refractivity contribution is 5.98. The quantitative estimate of drug-likeness (QED) is 0.645. The van der Waals surface area contributed by atoms with Gasteiger partial charge in [-0.3, -0.25) is 9.59 Å². The maximum Gasteiger partial charge on any atom is 0.249 e. The van der Waals surface area contributed by atoms with Crippen LogP contribution in [0.5, 0.6) is 0 Å². The first-order chi connectivity index (χ1) is 7.68. The Kier molecular flexibility index (Phi) is 2.86. The summed E-state index contributed by atoms with van der Waals surface area (Å²) in [5.41, 5.74) is -0.648. The Bertz CT molecular complexity index is 351. The molecule has 4 heteroatoms. The molecular weight excluding hydrogens is 204 g/mol. The van der Waals surface area contributed by atoms with E-state index in [9.17, 15) is 9.59 Å². The first-order valence-electron chi connectivity index (χ1n) is 5.72. The molecule has 16 heavy (non-hydrogen) atoms. The van der Waals surface area contributed by atoms with Crippen molar-refractivity contribution in [2.24, 2.45) is 0 Å². The van der Waals surface area contributed by atoms with Gasteiger partial charge in [-0.15, -0.1) is 6.42 Å². The molecule has 86 valence electrons. The predicted octanol–water partition coefficient (Wildman–Crippen LogP) is 0.281. The molecule has 1 saturated heterocycles. The summed E-state index contributed by atoms with van der Waals surface area (Å²) < 4.78 is 0. The second kappa shape index (κ2) is 4.17. The summed E-state index contributed by atoms with van der Waals surface area (Å²) in [6, 6.07) is 0. The monoisotopic (exact) mass is 220 g/mol. The molecule has 1 spiro atoms. The van der Waals surface area contributed by atoms with E-state index in [1.165, 1.54) is 4.90 Å². The Morgan fingerprint density at radius 3 is 2.62 bits per heavy atom. The molecule has 2 aliphatic rings. The van der Waals surface area contributed by atoms with Crippen molar-refractivity contribution in [1.82, 2.24) is 10.2 Å². The smallest absolute Gasteiger partial charge is 0.249 e. The largest absolute Gasteiger partial charge is 0.340 e. The Labute approximate surface area is 95.4 Å². The van der Waals surface area contributed by atoms with Crippen LogP contribution in [0.2, 0.25) is 0 Å². The van der Waals surface area contributed by atoms with E-state index < -0.39 is 5.54 Å². The molecule has 1 N–H and O–H groups in total. The van der Waals surface area contributed by atoms with Crippen molar-refractivity contribution in [3.63, 3.8) is 0 Å². The number of nitrogens with zero attached hydrogens (tertiary/aromatic N) is 1. The Hall–Kier alpha value is -1.50. The lowest BCUT2D eigenvalue weighted by molar-refractivity contribution is -0.150. The summed E-state index contributed by atoms with van der Waals surface area (Å²) in [7, 11) is 0. The third-order valence-corrected chi connectivity index (χ3v) is 3.40. The van der Waals surface area contributed by atoms with Crippen LogP contribution in [0.15, 0.2) is 0 Å². The van der Waals surface area contributed by atoms with Gasteiger partial charge in [-0.2, -0.15) is 0 Å². The Morgan fingerprint density at radius 1 is 1.31 bits per heavy atom. The van der Waals surface area contributed by atoms with E-state index in [1.54, 1.807) is 0 Å². The van der Waals surface area contributed by atoms with Crippen LogP contribution in [0.4, 0.5) is 0 Å². The highest BCUT2D eigenvalue weighted by Crippen LogP contribution is 2.31. The maximum atomic E-state index is 12.3. The van der Waals surface area contributed by atoms with Gasteiger partial charge in [0.2, 0.25) is 11.8 Å². The number of carbonyl (C=O) groups is 2. The van der Waals surface area contributed by atoms with E-state index >= 15 is 0 Å². The summed E-state index contributed by atoms with van der Waals surface area (Å²) in [6.45, 7) is 0.332. The number of nitrogens with one attached hydrogen (secondary N) is 1. The molecule has 0 unspecified atom stereocenters. The standard InChI is InChI=1S/C12H16N2O2/c1-2-8-14-9-10(15)13-12(11(14)16)6-4-3-5-7-12/h1H,3-9H2,(H,13,15). The minimum Gasteiger partial charge on any atom is -0.340 e. The summed E-state index contributed by atoms with van der Waals surface area (Å²) in [5, 5.41) is 2.87. The van der Waals surface area contributed by atoms with E-state index in [1.807, 2.05) is 0 Å². The zero-order chi connectivity index (χ0) is 11.6. The fourth-order valence-electron chi connectivity index (χ4n) is 2.64. The molecule has 0 atom stereocenters. The van der Waals surface area contributed by atoms with E-state index in [4.69, 9.17) is 6.42 Å². The molecule has 1 aliphatic carbocycles. The number of hydrogen-bond acceptors (Lipinski definition) is 2. The average Bonchev–Trinajstić information content (AvgIpc) is 2.27. The van der Waals surface area contributed by atoms with Crippen molar-refractivity contribution >= 4 is 11.8 Å². The molecule has 1 heterocycles. The van der Waals surface area contributed by atoms with Crippen molar-refractivity contribution < 1.29 is 9.59 Å². The first kappa shape index (κ1) is 11.0. The zero-order valence-corrected chi connectivity index (χ0v) is 9.29. The molecule has 1 saturated carbocycles. The van der Waals surface area contributed by atoms with Crippen molar-refractivity contribution in [2.45, 2.75) is 37.6 Å². The van der Waals surface area contributed by atoms with Crippen LogP contribution in [0.3, 0.4) is 0 Å². The van der Waals surface area contributed by atoms with Crippen LogP contribution in [0.25, 0.3) is 0 Å². The van der Waals surface area contributed by atoms with Gasteiger partial charge >= 0.3 is 0 Å².